The van der Waals surface area contributed by atoms with E-state index in [0.29, 0.717) is 12.6 Å². The van der Waals surface area contributed by atoms with Gasteiger partial charge in [-0.05, 0) is 56.8 Å². The molecule has 1 saturated heterocycles. The first-order chi connectivity index (χ1) is 12.1. The standard InChI is InChI=1S/C22H29NO2/c1-17-6-5-7-18(14-17)10-11-19-8-3-4-9-22(19)25-13-12-20-15-21(24)16-23(20)2/h3-9,14,20-21,24H,10-13,15-16H2,1-2H3/t20-,21-/m1/s1. The number of aryl methyl sites for hydroxylation is 3. The van der Waals surface area contributed by atoms with Gasteiger partial charge in [0.25, 0.3) is 0 Å². The molecule has 134 valence electrons. The number of rotatable bonds is 7. The summed E-state index contributed by atoms with van der Waals surface area (Å²) in [5.41, 5.74) is 3.95. The smallest absolute Gasteiger partial charge is 0.122 e. The number of β-amino-alcohol motifs (C(OH)–C–C–N with tert-alkyl or cyclic N) is 1. The SMILES string of the molecule is Cc1cccc(CCc2ccccc2OCC[C@@H]2C[C@@H](O)CN2C)c1. The molecule has 2 aromatic carbocycles. The highest BCUT2D eigenvalue weighted by molar-refractivity contribution is 5.34. The van der Waals surface area contributed by atoms with Crippen molar-refractivity contribution in [3.8, 4) is 5.75 Å². The number of hydrogen-bond donors (Lipinski definition) is 1. The molecule has 2 aromatic rings. The molecule has 0 spiro atoms. The molecule has 3 rings (SSSR count). The molecule has 1 aliphatic rings. The van der Waals surface area contributed by atoms with Crippen LogP contribution < -0.4 is 4.74 Å². The number of hydrogen-bond acceptors (Lipinski definition) is 3. The van der Waals surface area contributed by atoms with Crippen LogP contribution >= 0.6 is 0 Å². The van der Waals surface area contributed by atoms with Crippen LogP contribution in [-0.4, -0.2) is 42.4 Å². The lowest BCUT2D eigenvalue weighted by Gasteiger charge is -2.19. The number of likely N-dealkylation sites (N-methyl/N-ethyl adjacent to an activating group) is 1. The van der Waals surface area contributed by atoms with E-state index in [-0.39, 0.29) is 6.10 Å². The normalized spacial score (nSPS) is 20.8. The molecule has 3 heteroatoms. The Morgan fingerprint density at radius 3 is 2.72 bits per heavy atom. The second-order valence-corrected chi connectivity index (χ2v) is 7.22. The van der Waals surface area contributed by atoms with Gasteiger partial charge >= 0.3 is 0 Å². The van der Waals surface area contributed by atoms with Crippen LogP contribution in [0, 0.1) is 6.92 Å². The molecular formula is C22H29NO2. The number of aliphatic hydroxyl groups excluding tert-OH is 1. The van der Waals surface area contributed by atoms with Gasteiger partial charge in [-0.25, -0.2) is 0 Å². The van der Waals surface area contributed by atoms with Crippen LogP contribution in [0.4, 0.5) is 0 Å². The highest BCUT2D eigenvalue weighted by Crippen LogP contribution is 2.23. The minimum absolute atomic E-state index is 0.184. The molecule has 1 aliphatic heterocycles. The second-order valence-electron chi connectivity index (χ2n) is 7.22. The van der Waals surface area contributed by atoms with Crippen LogP contribution in [0.2, 0.25) is 0 Å². The highest BCUT2D eigenvalue weighted by Gasteiger charge is 2.27. The topological polar surface area (TPSA) is 32.7 Å². The first-order valence-electron chi connectivity index (χ1n) is 9.26. The zero-order valence-electron chi connectivity index (χ0n) is 15.3. The van der Waals surface area contributed by atoms with Crippen molar-refractivity contribution in [1.82, 2.24) is 4.90 Å². The monoisotopic (exact) mass is 339 g/mol. The fourth-order valence-electron chi connectivity index (χ4n) is 3.69. The maximum absolute atomic E-state index is 9.75. The summed E-state index contributed by atoms with van der Waals surface area (Å²) in [4.78, 5) is 2.23. The number of nitrogens with zero attached hydrogens (tertiary/aromatic N) is 1. The second kappa shape index (κ2) is 8.50. The molecule has 3 nitrogen and oxygen atoms in total. The molecule has 2 atom stereocenters. The van der Waals surface area contributed by atoms with Gasteiger partial charge in [-0.3, -0.25) is 0 Å². The number of para-hydroxylation sites is 1. The quantitative estimate of drug-likeness (QED) is 0.836. The minimum Gasteiger partial charge on any atom is -0.493 e. The van der Waals surface area contributed by atoms with E-state index in [2.05, 4.69) is 61.3 Å². The predicted octanol–water partition coefficient (Wildman–Crippen LogP) is 3.61. The molecule has 0 unspecified atom stereocenters. The molecule has 1 fully saturated rings. The van der Waals surface area contributed by atoms with Gasteiger partial charge in [-0.2, -0.15) is 0 Å². The molecule has 0 saturated carbocycles. The highest BCUT2D eigenvalue weighted by atomic mass is 16.5. The van der Waals surface area contributed by atoms with Crippen molar-refractivity contribution in [2.45, 2.75) is 44.8 Å². The number of ether oxygens (including phenoxy) is 1. The van der Waals surface area contributed by atoms with E-state index < -0.39 is 0 Å². The number of benzene rings is 2. The third-order valence-corrected chi connectivity index (χ3v) is 5.11. The zero-order chi connectivity index (χ0) is 17.6. The van der Waals surface area contributed by atoms with Crippen molar-refractivity contribution >= 4 is 0 Å². The Labute approximate surface area is 151 Å². The number of likely N-dealkylation sites (tertiary alicyclic amines) is 1. The molecule has 1 N–H and O–H groups in total. The van der Waals surface area contributed by atoms with Crippen LogP contribution in [0.3, 0.4) is 0 Å². The van der Waals surface area contributed by atoms with Crippen LogP contribution in [-0.2, 0) is 12.8 Å². The van der Waals surface area contributed by atoms with Crippen molar-refractivity contribution < 1.29 is 9.84 Å². The van der Waals surface area contributed by atoms with Crippen molar-refractivity contribution in [3.63, 3.8) is 0 Å². The number of aliphatic hydroxyl groups is 1. The lowest BCUT2D eigenvalue weighted by atomic mass is 10.0. The summed E-state index contributed by atoms with van der Waals surface area (Å²) >= 11 is 0. The Kier molecular flexibility index (Phi) is 6.11. The molecule has 1 heterocycles. The van der Waals surface area contributed by atoms with Crippen LogP contribution in [0.1, 0.15) is 29.5 Å². The van der Waals surface area contributed by atoms with Crippen molar-refractivity contribution in [3.05, 3.63) is 65.2 Å². The predicted molar refractivity (Wildman–Crippen MR) is 102 cm³/mol. The van der Waals surface area contributed by atoms with Gasteiger partial charge in [-0.1, -0.05) is 48.0 Å². The average Bonchev–Trinajstić information content (AvgIpc) is 2.91. The fourth-order valence-corrected chi connectivity index (χ4v) is 3.69. The summed E-state index contributed by atoms with van der Waals surface area (Å²) in [6, 6.07) is 17.5. The third-order valence-electron chi connectivity index (χ3n) is 5.11. The Morgan fingerprint density at radius 1 is 1.12 bits per heavy atom. The first-order valence-corrected chi connectivity index (χ1v) is 9.26. The Morgan fingerprint density at radius 2 is 1.96 bits per heavy atom. The summed E-state index contributed by atoms with van der Waals surface area (Å²) in [6.45, 7) is 3.61. The lowest BCUT2D eigenvalue weighted by Crippen LogP contribution is -2.26. The Balaban J connectivity index is 1.54. The molecular weight excluding hydrogens is 310 g/mol. The van der Waals surface area contributed by atoms with Gasteiger partial charge in [0.05, 0.1) is 12.7 Å². The summed E-state index contributed by atoms with van der Waals surface area (Å²) in [7, 11) is 2.08. The van der Waals surface area contributed by atoms with E-state index in [1.165, 1.54) is 16.7 Å². The van der Waals surface area contributed by atoms with E-state index in [4.69, 9.17) is 4.74 Å². The fraction of sp³-hybridized carbons (Fsp3) is 0.455. The van der Waals surface area contributed by atoms with Gasteiger partial charge in [-0.15, -0.1) is 0 Å². The lowest BCUT2D eigenvalue weighted by molar-refractivity contribution is 0.182. The van der Waals surface area contributed by atoms with E-state index >= 15 is 0 Å². The molecule has 0 amide bonds. The zero-order valence-corrected chi connectivity index (χ0v) is 15.3. The summed E-state index contributed by atoms with van der Waals surface area (Å²) in [6.07, 6.45) is 3.65. The van der Waals surface area contributed by atoms with Gasteiger partial charge in [0.1, 0.15) is 5.75 Å². The largest absolute Gasteiger partial charge is 0.493 e. The molecule has 0 aromatic heterocycles. The maximum atomic E-state index is 9.75. The maximum Gasteiger partial charge on any atom is 0.122 e. The van der Waals surface area contributed by atoms with Crippen molar-refractivity contribution in [2.24, 2.45) is 0 Å². The van der Waals surface area contributed by atoms with Gasteiger partial charge < -0.3 is 14.7 Å². The van der Waals surface area contributed by atoms with Crippen LogP contribution in [0.5, 0.6) is 5.75 Å². The minimum atomic E-state index is -0.184. The van der Waals surface area contributed by atoms with E-state index in [0.717, 1.165) is 38.0 Å². The van der Waals surface area contributed by atoms with Gasteiger partial charge in [0, 0.05) is 12.6 Å². The van der Waals surface area contributed by atoms with E-state index in [9.17, 15) is 5.11 Å². The Hall–Kier alpha value is -1.84. The average molecular weight is 339 g/mol. The summed E-state index contributed by atoms with van der Waals surface area (Å²) < 4.78 is 6.09. The van der Waals surface area contributed by atoms with Crippen molar-refractivity contribution in [2.75, 3.05) is 20.2 Å². The van der Waals surface area contributed by atoms with Crippen LogP contribution in [0.25, 0.3) is 0 Å². The third kappa shape index (κ3) is 5.07. The molecule has 25 heavy (non-hydrogen) atoms. The summed E-state index contributed by atoms with van der Waals surface area (Å²) in [5.74, 6) is 0.997. The first kappa shape index (κ1) is 18.0. The van der Waals surface area contributed by atoms with Gasteiger partial charge in [0.2, 0.25) is 0 Å². The Bertz CT molecular complexity index is 685. The molecule has 0 radical (unpaired) electrons. The molecule has 0 bridgehead atoms. The van der Waals surface area contributed by atoms with Gasteiger partial charge in [0.15, 0.2) is 0 Å². The van der Waals surface area contributed by atoms with Crippen molar-refractivity contribution in [1.29, 1.82) is 0 Å². The molecule has 0 aliphatic carbocycles. The van der Waals surface area contributed by atoms with E-state index in [1.807, 2.05) is 6.07 Å². The summed E-state index contributed by atoms with van der Waals surface area (Å²) in [5, 5.41) is 9.75. The van der Waals surface area contributed by atoms with E-state index in [1.54, 1.807) is 0 Å². The van der Waals surface area contributed by atoms with Crippen LogP contribution in [0.15, 0.2) is 48.5 Å².